The molecule has 2 saturated heterocycles. The number of carbonyl (C=O) groups is 2. The van der Waals surface area contributed by atoms with Gasteiger partial charge in [-0.15, -0.1) is 0 Å². The molecule has 128 valence electrons. The smallest absolute Gasteiger partial charge is 0.331 e. The van der Waals surface area contributed by atoms with Crippen LogP contribution >= 0.6 is 0 Å². The van der Waals surface area contributed by atoms with Gasteiger partial charge in [0, 0.05) is 38.3 Å². The first-order valence-electron chi connectivity index (χ1n) is 7.58. The molecule has 8 nitrogen and oxygen atoms in total. The number of nitrogens with zero attached hydrogens (tertiary/aromatic N) is 4. The SMILES string of the molecule is C=CC(=O)OCN1CCN(CN2CCN(COC(=O)C=C)C2)C1. The molecule has 23 heavy (non-hydrogen) atoms. The van der Waals surface area contributed by atoms with Crippen LogP contribution in [0.4, 0.5) is 0 Å². The molecule has 0 aromatic heterocycles. The highest BCUT2D eigenvalue weighted by Gasteiger charge is 2.26. The van der Waals surface area contributed by atoms with Gasteiger partial charge in [-0.25, -0.2) is 9.59 Å². The molecule has 2 fully saturated rings. The Labute approximate surface area is 136 Å². The van der Waals surface area contributed by atoms with Crippen LogP contribution in [0.5, 0.6) is 0 Å². The van der Waals surface area contributed by atoms with Gasteiger partial charge in [-0.3, -0.25) is 19.6 Å². The highest BCUT2D eigenvalue weighted by Crippen LogP contribution is 2.10. The number of hydrogen-bond acceptors (Lipinski definition) is 8. The number of rotatable bonds is 8. The second kappa shape index (κ2) is 8.78. The van der Waals surface area contributed by atoms with Crippen LogP contribution < -0.4 is 0 Å². The minimum atomic E-state index is -0.396. The highest BCUT2D eigenvalue weighted by atomic mass is 16.5. The van der Waals surface area contributed by atoms with Crippen molar-refractivity contribution in [2.24, 2.45) is 0 Å². The van der Waals surface area contributed by atoms with E-state index in [-0.39, 0.29) is 0 Å². The van der Waals surface area contributed by atoms with Gasteiger partial charge < -0.3 is 9.47 Å². The van der Waals surface area contributed by atoms with E-state index in [4.69, 9.17) is 9.47 Å². The molecule has 0 bridgehead atoms. The Kier molecular flexibility index (Phi) is 6.72. The topological polar surface area (TPSA) is 65.6 Å². The number of esters is 2. The number of hydrogen-bond donors (Lipinski definition) is 0. The lowest BCUT2D eigenvalue weighted by molar-refractivity contribution is -0.142. The third kappa shape index (κ3) is 5.76. The summed E-state index contributed by atoms with van der Waals surface area (Å²) in [5, 5.41) is 0. The van der Waals surface area contributed by atoms with Gasteiger partial charge in [-0.05, 0) is 0 Å². The minimum absolute atomic E-state index is 0.297. The molecular formula is C15H24N4O4. The molecule has 0 spiro atoms. The van der Waals surface area contributed by atoms with Crippen molar-refractivity contribution in [1.29, 1.82) is 0 Å². The van der Waals surface area contributed by atoms with Crippen LogP contribution in [0.15, 0.2) is 25.3 Å². The molecule has 0 radical (unpaired) electrons. The van der Waals surface area contributed by atoms with Crippen molar-refractivity contribution in [2.45, 2.75) is 0 Å². The fourth-order valence-electron chi connectivity index (χ4n) is 2.57. The van der Waals surface area contributed by atoms with E-state index in [1.54, 1.807) is 0 Å². The molecule has 0 N–H and O–H groups in total. The standard InChI is InChI=1S/C15H24N4O4/c1-3-14(20)22-12-18-7-5-16(10-18)9-17-6-8-19(11-17)13-23-15(21)4-2/h3-4H,1-2,5-13H2. The lowest BCUT2D eigenvalue weighted by atomic mass is 10.6. The summed E-state index contributed by atoms with van der Waals surface area (Å²) in [6, 6.07) is 0. The Hall–Kier alpha value is -1.74. The summed E-state index contributed by atoms with van der Waals surface area (Å²) < 4.78 is 10.1. The van der Waals surface area contributed by atoms with Gasteiger partial charge in [0.2, 0.25) is 0 Å². The summed E-state index contributed by atoms with van der Waals surface area (Å²) in [5.74, 6) is -0.791. The second-order valence-electron chi connectivity index (χ2n) is 5.60. The molecule has 0 aromatic carbocycles. The molecule has 0 aliphatic carbocycles. The normalized spacial score (nSPS) is 20.5. The van der Waals surface area contributed by atoms with Crippen molar-refractivity contribution in [3.05, 3.63) is 25.3 Å². The summed E-state index contributed by atoms with van der Waals surface area (Å²) in [4.78, 5) is 30.8. The fourth-order valence-corrected chi connectivity index (χ4v) is 2.57. The fraction of sp³-hybridized carbons (Fsp3) is 0.600. The quantitative estimate of drug-likeness (QED) is 0.436. The Morgan fingerprint density at radius 3 is 1.57 bits per heavy atom. The van der Waals surface area contributed by atoms with Gasteiger partial charge in [-0.2, -0.15) is 0 Å². The molecular weight excluding hydrogens is 300 g/mol. The summed E-state index contributed by atoms with van der Waals surface area (Å²) in [7, 11) is 0. The first-order chi connectivity index (χ1) is 11.1. The van der Waals surface area contributed by atoms with E-state index in [2.05, 4.69) is 32.8 Å². The average molecular weight is 324 g/mol. The van der Waals surface area contributed by atoms with Crippen molar-refractivity contribution in [2.75, 3.05) is 59.6 Å². The van der Waals surface area contributed by atoms with E-state index in [1.807, 2.05) is 0 Å². The maximum Gasteiger partial charge on any atom is 0.331 e. The third-order valence-corrected chi connectivity index (χ3v) is 3.78. The molecule has 0 amide bonds. The number of ether oxygens (including phenoxy) is 2. The Bertz CT molecular complexity index is 417. The molecule has 0 saturated carbocycles. The molecule has 0 aromatic rings. The van der Waals surface area contributed by atoms with E-state index < -0.39 is 11.9 Å². The highest BCUT2D eigenvalue weighted by molar-refractivity contribution is 5.81. The van der Waals surface area contributed by atoms with Crippen molar-refractivity contribution in [1.82, 2.24) is 19.6 Å². The van der Waals surface area contributed by atoms with E-state index >= 15 is 0 Å². The monoisotopic (exact) mass is 324 g/mol. The molecule has 0 atom stereocenters. The van der Waals surface area contributed by atoms with E-state index in [0.717, 1.165) is 46.2 Å². The summed E-state index contributed by atoms with van der Waals surface area (Å²) in [5.41, 5.74) is 0. The van der Waals surface area contributed by atoms with Gasteiger partial charge in [0.15, 0.2) is 0 Å². The first-order valence-corrected chi connectivity index (χ1v) is 7.58. The zero-order valence-electron chi connectivity index (χ0n) is 13.4. The van der Waals surface area contributed by atoms with Crippen LogP contribution in [0.3, 0.4) is 0 Å². The van der Waals surface area contributed by atoms with E-state index in [0.29, 0.717) is 13.5 Å². The lowest BCUT2D eigenvalue weighted by Crippen LogP contribution is -2.38. The van der Waals surface area contributed by atoms with Crippen LogP contribution in [-0.4, -0.2) is 91.2 Å². The van der Waals surface area contributed by atoms with Crippen molar-refractivity contribution >= 4 is 11.9 Å². The lowest BCUT2D eigenvalue weighted by Gasteiger charge is -2.24. The summed E-state index contributed by atoms with van der Waals surface area (Å²) in [6.45, 7) is 13.4. The Morgan fingerprint density at radius 2 is 1.17 bits per heavy atom. The second-order valence-corrected chi connectivity index (χ2v) is 5.60. The van der Waals surface area contributed by atoms with Crippen LogP contribution in [-0.2, 0) is 19.1 Å². The predicted octanol–water partition coefficient (Wildman–Crippen LogP) is -0.532. The Morgan fingerprint density at radius 1 is 0.783 bits per heavy atom. The molecule has 8 heteroatoms. The van der Waals surface area contributed by atoms with Crippen LogP contribution in [0.25, 0.3) is 0 Å². The van der Waals surface area contributed by atoms with Crippen LogP contribution in [0.2, 0.25) is 0 Å². The zero-order valence-corrected chi connectivity index (χ0v) is 13.4. The van der Waals surface area contributed by atoms with Gasteiger partial charge >= 0.3 is 11.9 Å². The largest absolute Gasteiger partial charge is 0.446 e. The minimum Gasteiger partial charge on any atom is -0.446 e. The predicted molar refractivity (Wildman–Crippen MR) is 83.7 cm³/mol. The third-order valence-electron chi connectivity index (χ3n) is 3.78. The van der Waals surface area contributed by atoms with E-state index in [9.17, 15) is 9.59 Å². The van der Waals surface area contributed by atoms with Gasteiger partial charge in [0.1, 0.15) is 13.5 Å². The van der Waals surface area contributed by atoms with Crippen molar-refractivity contribution in [3.8, 4) is 0 Å². The molecule has 2 aliphatic heterocycles. The van der Waals surface area contributed by atoms with Crippen LogP contribution in [0.1, 0.15) is 0 Å². The van der Waals surface area contributed by atoms with Gasteiger partial charge in [0.25, 0.3) is 0 Å². The van der Waals surface area contributed by atoms with E-state index in [1.165, 1.54) is 12.2 Å². The maximum atomic E-state index is 11.1. The molecule has 2 rings (SSSR count). The molecule has 2 heterocycles. The van der Waals surface area contributed by atoms with Crippen molar-refractivity contribution in [3.63, 3.8) is 0 Å². The van der Waals surface area contributed by atoms with Gasteiger partial charge in [-0.1, -0.05) is 13.2 Å². The summed E-state index contributed by atoms with van der Waals surface area (Å²) in [6.07, 6.45) is 2.34. The van der Waals surface area contributed by atoms with Crippen molar-refractivity contribution < 1.29 is 19.1 Å². The molecule has 0 unspecified atom stereocenters. The Balaban J connectivity index is 1.63. The van der Waals surface area contributed by atoms with Gasteiger partial charge in [0.05, 0.1) is 20.0 Å². The first kappa shape index (κ1) is 17.6. The molecule has 2 aliphatic rings. The zero-order chi connectivity index (χ0) is 16.7. The van der Waals surface area contributed by atoms with Crippen LogP contribution in [0, 0.1) is 0 Å². The maximum absolute atomic E-state index is 11.1. The number of carbonyl (C=O) groups excluding carboxylic acids is 2. The summed E-state index contributed by atoms with van der Waals surface area (Å²) >= 11 is 0. The average Bonchev–Trinajstić information content (AvgIpc) is 3.20.